The molecular formula is C24H26N2O6. The normalized spacial score (nSPS) is 19.8. The minimum atomic E-state index is -0.889. The van der Waals surface area contributed by atoms with Crippen molar-refractivity contribution in [1.82, 2.24) is 10.6 Å². The first kappa shape index (κ1) is 21.8. The molecule has 8 nitrogen and oxygen atoms in total. The van der Waals surface area contributed by atoms with Gasteiger partial charge in [-0.3, -0.25) is 9.59 Å². The van der Waals surface area contributed by atoms with Gasteiger partial charge in [0, 0.05) is 19.1 Å². The van der Waals surface area contributed by atoms with Crippen molar-refractivity contribution in [2.75, 3.05) is 20.3 Å². The molecule has 1 atom stereocenters. The Bertz CT molecular complexity index is 972. The maximum Gasteiger partial charge on any atom is 0.407 e. The van der Waals surface area contributed by atoms with Crippen LogP contribution in [0, 0.1) is 5.92 Å². The summed E-state index contributed by atoms with van der Waals surface area (Å²) < 4.78 is 10.6. The van der Waals surface area contributed by atoms with E-state index in [4.69, 9.17) is 14.6 Å². The van der Waals surface area contributed by atoms with Crippen molar-refractivity contribution in [1.29, 1.82) is 0 Å². The van der Waals surface area contributed by atoms with E-state index < -0.39 is 24.1 Å². The molecule has 2 aliphatic carbocycles. The number of aliphatic carboxylic acids is 1. The van der Waals surface area contributed by atoms with Gasteiger partial charge in [-0.15, -0.1) is 0 Å². The molecule has 1 unspecified atom stereocenters. The number of ether oxygens (including phenoxy) is 2. The van der Waals surface area contributed by atoms with Crippen molar-refractivity contribution in [3.8, 4) is 11.1 Å². The standard InChI is InChI=1S/C24H26N2O6/c1-31-21(22(27)26-15-10-14(11-15)23(28)29)12-25-24(30)32-13-20-18-8-4-2-6-16(18)17-7-3-5-9-19(17)20/h2-9,14-15,20-21H,10-13H2,1H3,(H,25,30)(H,26,27)(H,28,29). The smallest absolute Gasteiger partial charge is 0.407 e. The Morgan fingerprint density at radius 2 is 1.62 bits per heavy atom. The Kier molecular flexibility index (Phi) is 6.41. The highest BCUT2D eigenvalue weighted by molar-refractivity contribution is 5.83. The molecule has 0 bridgehead atoms. The number of fused-ring (bicyclic) bond motifs is 3. The Balaban J connectivity index is 1.27. The first-order chi connectivity index (χ1) is 15.5. The molecule has 4 rings (SSSR count). The van der Waals surface area contributed by atoms with Crippen LogP contribution in [0.25, 0.3) is 11.1 Å². The van der Waals surface area contributed by atoms with Gasteiger partial charge in [0.2, 0.25) is 0 Å². The predicted octanol–water partition coefficient (Wildman–Crippen LogP) is 2.52. The van der Waals surface area contributed by atoms with Crippen molar-refractivity contribution in [2.24, 2.45) is 5.92 Å². The first-order valence-corrected chi connectivity index (χ1v) is 10.6. The van der Waals surface area contributed by atoms with Gasteiger partial charge in [-0.1, -0.05) is 48.5 Å². The van der Waals surface area contributed by atoms with E-state index in [-0.39, 0.29) is 31.0 Å². The molecule has 8 heteroatoms. The first-order valence-electron chi connectivity index (χ1n) is 10.6. The fourth-order valence-electron chi connectivity index (χ4n) is 4.34. The number of carboxylic acid groups (broad SMARTS) is 1. The fraction of sp³-hybridized carbons (Fsp3) is 0.375. The zero-order valence-electron chi connectivity index (χ0n) is 17.7. The van der Waals surface area contributed by atoms with E-state index in [0.717, 1.165) is 22.3 Å². The molecule has 1 fully saturated rings. The maximum atomic E-state index is 12.3. The van der Waals surface area contributed by atoms with Gasteiger partial charge < -0.3 is 25.2 Å². The number of hydrogen-bond donors (Lipinski definition) is 3. The summed E-state index contributed by atoms with van der Waals surface area (Å²) in [7, 11) is 1.38. The van der Waals surface area contributed by atoms with E-state index in [1.54, 1.807) is 0 Å². The minimum Gasteiger partial charge on any atom is -0.481 e. The molecule has 168 valence electrons. The molecular weight excluding hydrogens is 412 g/mol. The zero-order valence-corrected chi connectivity index (χ0v) is 17.7. The lowest BCUT2D eigenvalue weighted by molar-refractivity contribution is -0.147. The molecule has 0 saturated heterocycles. The Morgan fingerprint density at radius 3 is 2.19 bits per heavy atom. The number of hydrogen-bond acceptors (Lipinski definition) is 5. The molecule has 2 aromatic rings. The van der Waals surface area contributed by atoms with Crippen molar-refractivity contribution in [2.45, 2.75) is 30.9 Å². The van der Waals surface area contributed by atoms with E-state index in [2.05, 4.69) is 22.8 Å². The lowest BCUT2D eigenvalue weighted by Crippen LogP contribution is -2.52. The van der Waals surface area contributed by atoms with Gasteiger partial charge in [0.25, 0.3) is 5.91 Å². The molecule has 0 aliphatic heterocycles. The number of methoxy groups -OCH3 is 1. The second kappa shape index (κ2) is 9.40. The summed E-state index contributed by atoms with van der Waals surface area (Å²) in [6, 6.07) is 16.0. The predicted molar refractivity (Wildman–Crippen MR) is 116 cm³/mol. The Morgan fingerprint density at radius 1 is 1.03 bits per heavy atom. The van der Waals surface area contributed by atoms with Crippen LogP contribution in [0.3, 0.4) is 0 Å². The van der Waals surface area contributed by atoms with Gasteiger partial charge in [-0.2, -0.15) is 0 Å². The minimum absolute atomic E-state index is 0.0459. The Hall–Kier alpha value is -3.39. The van der Waals surface area contributed by atoms with E-state index in [1.165, 1.54) is 7.11 Å². The van der Waals surface area contributed by atoms with Crippen molar-refractivity contribution < 1.29 is 29.0 Å². The summed E-state index contributed by atoms with van der Waals surface area (Å²) in [6.45, 7) is 0.135. The van der Waals surface area contributed by atoms with Crippen molar-refractivity contribution in [3.05, 3.63) is 59.7 Å². The van der Waals surface area contributed by atoms with E-state index in [9.17, 15) is 14.4 Å². The van der Waals surface area contributed by atoms with Gasteiger partial charge in [0.15, 0.2) is 6.10 Å². The van der Waals surface area contributed by atoms with E-state index >= 15 is 0 Å². The summed E-state index contributed by atoms with van der Waals surface area (Å²) in [6.07, 6.45) is -0.718. The molecule has 0 radical (unpaired) electrons. The van der Waals surface area contributed by atoms with Gasteiger partial charge in [-0.25, -0.2) is 4.79 Å². The quantitative estimate of drug-likeness (QED) is 0.584. The highest BCUT2D eigenvalue weighted by Crippen LogP contribution is 2.44. The van der Waals surface area contributed by atoms with Crippen LogP contribution in [0.15, 0.2) is 48.5 Å². The third-order valence-electron chi connectivity index (χ3n) is 6.19. The molecule has 0 spiro atoms. The highest BCUT2D eigenvalue weighted by atomic mass is 16.5. The SMILES string of the molecule is COC(CNC(=O)OCC1c2ccccc2-c2ccccc21)C(=O)NC1CC(C(=O)O)C1. The lowest BCUT2D eigenvalue weighted by atomic mass is 9.80. The van der Waals surface area contributed by atoms with Crippen LogP contribution in [-0.2, 0) is 19.1 Å². The second-order valence-electron chi connectivity index (χ2n) is 8.14. The third-order valence-corrected chi connectivity index (χ3v) is 6.19. The average Bonchev–Trinajstić information content (AvgIpc) is 3.08. The number of benzene rings is 2. The third kappa shape index (κ3) is 4.45. The van der Waals surface area contributed by atoms with Crippen LogP contribution in [0.1, 0.15) is 29.9 Å². The van der Waals surface area contributed by atoms with Crippen LogP contribution in [-0.4, -0.2) is 55.5 Å². The Labute approximate surface area is 185 Å². The summed E-state index contributed by atoms with van der Waals surface area (Å²) >= 11 is 0. The highest BCUT2D eigenvalue weighted by Gasteiger charge is 2.36. The summed E-state index contributed by atoms with van der Waals surface area (Å²) in [5, 5.41) is 14.3. The molecule has 0 heterocycles. The average molecular weight is 438 g/mol. The molecule has 2 aliphatic rings. The van der Waals surface area contributed by atoms with Crippen molar-refractivity contribution >= 4 is 18.0 Å². The van der Waals surface area contributed by atoms with Gasteiger partial charge in [0.1, 0.15) is 6.61 Å². The molecule has 1 saturated carbocycles. The van der Waals surface area contributed by atoms with E-state index in [0.29, 0.717) is 12.8 Å². The molecule has 32 heavy (non-hydrogen) atoms. The lowest BCUT2D eigenvalue weighted by Gasteiger charge is -2.33. The summed E-state index contributed by atoms with van der Waals surface area (Å²) in [4.78, 5) is 35.5. The summed E-state index contributed by atoms with van der Waals surface area (Å²) in [5.74, 6) is -1.70. The number of carbonyl (C=O) groups excluding carboxylic acids is 2. The van der Waals surface area contributed by atoms with Crippen LogP contribution < -0.4 is 10.6 Å². The van der Waals surface area contributed by atoms with E-state index in [1.807, 2.05) is 36.4 Å². The van der Waals surface area contributed by atoms with Gasteiger partial charge in [0.05, 0.1) is 12.5 Å². The molecule has 2 amide bonds. The number of amides is 2. The van der Waals surface area contributed by atoms with Crippen LogP contribution in [0.4, 0.5) is 4.79 Å². The summed E-state index contributed by atoms with van der Waals surface area (Å²) in [5.41, 5.74) is 4.54. The largest absolute Gasteiger partial charge is 0.481 e. The maximum absolute atomic E-state index is 12.3. The number of nitrogens with one attached hydrogen (secondary N) is 2. The molecule has 3 N–H and O–H groups in total. The zero-order chi connectivity index (χ0) is 22.7. The molecule has 2 aromatic carbocycles. The molecule has 0 aromatic heterocycles. The fourth-order valence-corrected chi connectivity index (χ4v) is 4.34. The van der Waals surface area contributed by atoms with Crippen LogP contribution in [0.2, 0.25) is 0 Å². The van der Waals surface area contributed by atoms with Crippen LogP contribution >= 0.6 is 0 Å². The van der Waals surface area contributed by atoms with Gasteiger partial charge in [-0.05, 0) is 35.1 Å². The second-order valence-corrected chi connectivity index (χ2v) is 8.14. The monoisotopic (exact) mass is 438 g/mol. The topological polar surface area (TPSA) is 114 Å². The van der Waals surface area contributed by atoms with Crippen LogP contribution in [0.5, 0.6) is 0 Å². The van der Waals surface area contributed by atoms with Crippen molar-refractivity contribution in [3.63, 3.8) is 0 Å². The number of rotatable bonds is 8. The van der Waals surface area contributed by atoms with Gasteiger partial charge >= 0.3 is 12.1 Å². The number of carbonyl (C=O) groups is 3. The number of alkyl carbamates (subject to hydrolysis) is 1. The number of carboxylic acids is 1.